The van der Waals surface area contributed by atoms with Crippen molar-refractivity contribution >= 4 is 24.0 Å². The van der Waals surface area contributed by atoms with E-state index in [4.69, 9.17) is 19.9 Å². The van der Waals surface area contributed by atoms with Crippen molar-refractivity contribution in [3.8, 4) is 11.5 Å². The topological polar surface area (TPSA) is 82.8 Å². The quantitative estimate of drug-likeness (QED) is 0.732. The molecule has 6 nitrogen and oxygen atoms in total. The van der Waals surface area contributed by atoms with Crippen molar-refractivity contribution in [1.82, 2.24) is 0 Å². The van der Waals surface area contributed by atoms with Crippen molar-refractivity contribution < 1.29 is 32.2 Å². The van der Waals surface area contributed by atoms with Crippen molar-refractivity contribution in [3.05, 3.63) is 18.2 Å². The standard InChI is InChI=1S/C14H19F3N2O4.ClH/c1-21-10(7-18)6-13(20)19-9-3-4-11(22-2)12(5-9)23-8-14(15,16)17;/h3-5,10H,6-8,18H2,1-2H3,(H,19,20);1H. The summed E-state index contributed by atoms with van der Waals surface area (Å²) in [7, 11) is 2.74. The minimum atomic E-state index is -4.48. The summed E-state index contributed by atoms with van der Waals surface area (Å²) >= 11 is 0. The maximum atomic E-state index is 12.2. The average Bonchev–Trinajstić information content (AvgIpc) is 2.50. The Bertz CT molecular complexity index is 525. The van der Waals surface area contributed by atoms with Gasteiger partial charge in [0.15, 0.2) is 18.1 Å². The van der Waals surface area contributed by atoms with Crippen LogP contribution in [-0.4, -0.2) is 45.6 Å². The van der Waals surface area contributed by atoms with E-state index >= 15 is 0 Å². The highest BCUT2D eigenvalue weighted by atomic mass is 35.5. The van der Waals surface area contributed by atoms with Gasteiger partial charge in [-0.05, 0) is 12.1 Å². The second-order valence-corrected chi connectivity index (χ2v) is 4.62. The van der Waals surface area contributed by atoms with Crippen LogP contribution in [0.2, 0.25) is 0 Å². The maximum Gasteiger partial charge on any atom is 0.422 e. The van der Waals surface area contributed by atoms with Crippen LogP contribution < -0.4 is 20.5 Å². The zero-order chi connectivity index (χ0) is 17.5. The number of nitrogens with two attached hydrogens (primary N) is 1. The number of nitrogens with one attached hydrogen (secondary N) is 1. The fourth-order valence-corrected chi connectivity index (χ4v) is 1.71. The summed E-state index contributed by atoms with van der Waals surface area (Å²) in [5.74, 6) is -0.372. The molecule has 1 aromatic carbocycles. The van der Waals surface area contributed by atoms with E-state index in [1.54, 1.807) is 0 Å². The second kappa shape index (κ2) is 10.2. The summed E-state index contributed by atoms with van der Waals surface area (Å²) in [6.07, 6.45) is -4.89. The average molecular weight is 373 g/mol. The lowest BCUT2D eigenvalue weighted by molar-refractivity contribution is -0.153. The van der Waals surface area contributed by atoms with E-state index in [2.05, 4.69) is 5.32 Å². The Morgan fingerprint density at radius 2 is 1.96 bits per heavy atom. The van der Waals surface area contributed by atoms with Crippen LogP contribution in [0, 0.1) is 0 Å². The van der Waals surface area contributed by atoms with E-state index < -0.39 is 18.9 Å². The number of amides is 1. The third kappa shape index (κ3) is 7.71. The molecule has 1 aromatic rings. The molecule has 0 spiro atoms. The minimum Gasteiger partial charge on any atom is -0.493 e. The molecule has 0 aliphatic carbocycles. The Kier molecular flexibility index (Phi) is 9.49. The third-order valence-electron chi connectivity index (χ3n) is 2.85. The zero-order valence-corrected chi connectivity index (χ0v) is 14.0. The van der Waals surface area contributed by atoms with Gasteiger partial charge in [0, 0.05) is 25.4 Å². The van der Waals surface area contributed by atoms with Gasteiger partial charge < -0.3 is 25.3 Å². The van der Waals surface area contributed by atoms with Crippen molar-refractivity contribution in [2.24, 2.45) is 5.73 Å². The summed E-state index contributed by atoms with van der Waals surface area (Å²) in [4.78, 5) is 11.8. The molecule has 3 N–H and O–H groups in total. The number of carbonyl (C=O) groups excluding carboxylic acids is 1. The maximum absolute atomic E-state index is 12.2. The van der Waals surface area contributed by atoms with E-state index in [1.807, 2.05) is 0 Å². The van der Waals surface area contributed by atoms with Crippen LogP contribution in [0.5, 0.6) is 11.5 Å². The first kappa shape index (κ1) is 22.3. The summed E-state index contributed by atoms with van der Waals surface area (Å²) in [5, 5.41) is 2.54. The second-order valence-electron chi connectivity index (χ2n) is 4.62. The van der Waals surface area contributed by atoms with Crippen molar-refractivity contribution in [2.75, 3.05) is 32.7 Å². The van der Waals surface area contributed by atoms with Gasteiger partial charge in [-0.1, -0.05) is 0 Å². The monoisotopic (exact) mass is 372 g/mol. The lowest BCUT2D eigenvalue weighted by Crippen LogP contribution is -2.28. The molecule has 1 rings (SSSR count). The molecule has 1 unspecified atom stereocenters. The number of hydrogen-bond donors (Lipinski definition) is 2. The van der Waals surface area contributed by atoms with E-state index in [0.29, 0.717) is 0 Å². The predicted molar refractivity (Wildman–Crippen MR) is 84.9 cm³/mol. The molecule has 1 amide bonds. The number of ether oxygens (including phenoxy) is 3. The lowest BCUT2D eigenvalue weighted by Gasteiger charge is -2.15. The fraction of sp³-hybridized carbons (Fsp3) is 0.500. The van der Waals surface area contributed by atoms with Crippen LogP contribution in [-0.2, 0) is 9.53 Å². The van der Waals surface area contributed by atoms with Crippen molar-refractivity contribution in [2.45, 2.75) is 18.7 Å². The molecular formula is C14H20ClF3N2O4. The molecule has 0 saturated carbocycles. The molecule has 0 fully saturated rings. The molecule has 0 aromatic heterocycles. The molecule has 10 heteroatoms. The third-order valence-corrected chi connectivity index (χ3v) is 2.85. The normalized spacial score (nSPS) is 12.1. The number of rotatable bonds is 8. The number of halogens is 4. The van der Waals surface area contributed by atoms with Gasteiger partial charge in [0.1, 0.15) is 0 Å². The Morgan fingerprint density at radius 3 is 2.46 bits per heavy atom. The molecule has 0 aliphatic rings. The minimum absolute atomic E-state index is 0. The van der Waals surface area contributed by atoms with E-state index in [0.717, 1.165) is 0 Å². The Labute approximate surface area is 143 Å². The van der Waals surface area contributed by atoms with E-state index in [9.17, 15) is 18.0 Å². The molecule has 138 valence electrons. The van der Waals surface area contributed by atoms with Gasteiger partial charge in [-0.15, -0.1) is 12.4 Å². The molecule has 0 radical (unpaired) electrons. The highest BCUT2D eigenvalue weighted by Crippen LogP contribution is 2.31. The first-order chi connectivity index (χ1) is 10.8. The molecule has 1 atom stereocenters. The zero-order valence-electron chi connectivity index (χ0n) is 13.2. The highest BCUT2D eigenvalue weighted by molar-refractivity contribution is 5.91. The van der Waals surface area contributed by atoms with Gasteiger partial charge >= 0.3 is 6.18 Å². The predicted octanol–water partition coefficient (Wildman–Crippen LogP) is 2.36. The molecule has 0 heterocycles. The van der Waals surface area contributed by atoms with Crippen LogP contribution in [0.25, 0.3) is 0 Å². The number of alkyl halides is 3. The van der Waals surface area contributed by atoms with Gasteiger partial charge in [0.2, 0.25) is 5.91 Å². The number of carbonyl (C=O) groups is 1. The summed E-state index contributed by atoms with van der Waals surface area (Å²) in [6.45, 7) is -1.29. The first-order valence-electron chi connectivity index (χ1n) is 6.69. The summed E-state index contributed by atoms with van der Waals surface area (Å²) in [5.41, 5.74) is 5.70. The number of hydrogen-bond acceptors (Lipinski definition) is 5. The summed E-state index contributed by atoms with van der Waals surface area (Å²) in [6, 6.07) is 4.15. The van der Waals surface area contributed by atoms with Gasteiger partial charge in [0.05, 0.1) is 19.6 Å². The SMILES string of the molecule is COc1ccc(NC(=O)CC(CN)OC)cc1OCC(F)(F)F.Cl. The Morgan fingerprint density at radius 1 is 1.29 bits per heavy atom. The Hall–Kier alpha value is -1.71. The van der Waals surface area contributed by atoms with Gasteiger partial charge in [-0.25, -0.2) is 0 Å². The van der Waals surface area contributed by atoms with E-state index in [1.165, 1.54) is 32.4 Å². The van der Waals surface area contributed by atoms with Crippen LogP contribution >= 0.6 is 12.4 Å². The Balaban J connectivity index is 0.00000529. The van der Waals surface area contributed by atoms with Gasteiger partial charge in [0.25, 0.3) is 0 Å². The lowest BCUT2D eigenvalue weighted by atomic mass is 10.2. The highest BCUT2D eigenvalue weighted by Gasteiger charge is 2.29. The molecule has 0 aliphatic heterocycles. The first-order valence-corrected chi connectivity index (χ1v) is 6.69. The van der Waals surface area contributed by atoms with E-state index in [-0.39, 0.29) is 48.5 Å². The van der Waals surface area contributed by atoms with Gasteiger partial charge in [-0.2, -0.15) is 13.2 Å². The smallest absolute Gasteiger partial charge is 0.422 e. The molecule has 24 heavy (non-hydrogen) atoms. The van der Waals surface area contributed by atoms with Crippen molar-refractivity contribution in [3.63, 3.8) is 0 Å². The van der Waals surface area contributed by atoms with Crippen LogP contribution in [0.15, 0.2) is 18.2 Å². The number of anilines is 1. The van der Waals surface area contributed by atoms with Crippen LogP contribution in [0.4, 0.5) is 18.9 Å². The number of methoxy groups -OCH3 is 2. The molecular weight excluding hydrogens is 353 g/mol. The summed E-state index contributed by atoms with van der Waals surface area (Å²) < 4.78 is 51.4. The van der Waals surface area contributed by atoms with Crippen molar-refractivity contribution in [1.29, 1.82) is 0 Å². The molecule has 0 bridgehead atoms. The van der Waals surface area contributed by atoms with Crippen LogP contribution in [0.3, 0.4) is 0 Å². The van der Waals surface area contributed by atoms with Gasteiger partial charge in [-0.3, -0.25) is 4.79 Å². The fourth-order valence-electron chi connectivity index (χ4n) is 1.71. The largest absolute Gasteiger partial charge is 0.493 e. The molecule has 0 saturated heterocycles. The van der Waals surface area contributed by atoms with Crippen LogP contribution in [0.1, 0.15) is 6.42 Å². The number of benzene rings is 1.